The molecule has 1 aliphatic rings. The lowest BCUT2D eigenvalue weighted by Crippen LogP contribution is -2.48. The van der Waals surface area contributed by atoms with Gasteiger partial charge in [0.1, 0.15) is 11.6 Å². The number of amides is 1. The molecule has 184 valence electrons. The molecule has 10 heteroatoms. The Labute approximate surface area is 211 Å². The molecule has 0 saturated carbocycles. The molecule has 1 amide bonds. The number of hydrogen-bond donors (Lipinski definition) is 3. The van der Waals surface area contributed by atoms with Crippen LogP contribution in [0.3, 0.4) is 0 Å². The van der Waals surface area contributed by atoms with Crippen molar-refractivity contribution in [2.24, 2.45) is 0 Å². The van der Waals surface area contributed by atoms with Crippen molar-refractivity contribution in [2.75, 3.05) is 36.4 Å². The van der Waals surface area contributed by atoms with E-state index in [0.29, 0.717) is 59.0 Å². The van der Waals surface area contributed by atoms with E-state index < -0.39 is 11.9 Å². The van der Waals surface area contributed by atoms with Crippen LogP contribution in [0.5, 0.6) is 0 Å². The second-order valence-electron chi connectivity index (χ2n) is 8.54. The van der Waals surface area contributed by atoms with E-state index in [2.05, 4.69) is 20.2 Å². The second-order valence-corrected chi connectivity index (χ2v) is 8.95. The van der Waals surface area contributed by atoms with Gasteiger partial charge in [0, 0.05) is 66.5 Å². The Kier molecular flexibility index (Phi) is 6.47. The zero-order valence-electron chi connectivity index (χ0n) is 19.2. The van der Waals surface area contributed by atoms with Crippen LogP contribution in [0.2, 0.25) is 5.02 Å². The van der Waals surface area contributed by atoms with E-state index >= 15 is 0 Å². The summed E-state index contributed by atoms with van der Waals surface area (Å²) in [6.07, 6.45) is 0.834. The number of H-pyrrole nitrogens is 1. The fourth-order valence-electron chi connectivity index (χ4n) is 4.38. The third-order valence-electron chi connectivity index (χ3n) is 6.27. The van der Waals surface area contributed by atoms with E-state index in [1.807, 2.05) is 24.3 Å². The van der Waals surface area contributed by atoms with E-state index in [4.69, 9.17) is 16.7 Å². The van der Waals surface area contributed by atoms with Gasteiger partial charge in [-0.25, -0.2) is 14.2 Å². The zero-order valence-corrected chi connectivity index (χ0v) is 19.9. The summed E-state index contributed by atoms with van der Waals surface area (Å²) >= 11 is 6.22. The molecule has 4 aromatic rings. The Morgan fingerprint density at radius 1 is 1.11 bits per heavy atom. The van der Waals surface area contributed by atoms with Crippen molar-refractivity contribution in [3.63, 3.8) is 0 Å². The molecule has 2 aromatic carbocycles. The molecule has 3 heterocycles. The normalized spacial score (nSPS) is 13.7. The van der Waals surface area contributed by atoms with Crippen LogP contribution in [-0.2, 0) is 6.42 Å². The molecule has 2 aromatic heterocycles. The first-order valence-electron chi connectivity index (χ1n) is 11.4. The van der Waals surface area contributed by atoms with Gasteiger partial charge in [-0.3, -0.25) is 4.79 Å². The molecule has 0 bridgehead atoms. The van der Waals surface area contributed by atoms with Crippen molar-refractivity contribution < 1.29 is 14.3 Å². The van der Waals surface area contributed by atoms with E-state index in [-0.39, 0.29) is 12.0 Å². The lowest BCUT2D eigenvalue weighted by atomic mass is 10.1. The van der Waals surface area contributed by atoms with Gasteiger partial charge < -0.3 is 25.2 Å². The number of nitrogens with one attached hydrogen (secondary N) is 2. The van der Waals surface area contributed by atoms with Crippen LogP contribution < -0.4 is 15.8 Å². The van der Waals surface area contributed by atoms with Gasteiger partial charge in [0.15, 0.2) is 0 Å². The molecule has 0 atom stereocenters. The summed E-state index contributed by atoms with van der Waals surface area (Å²) < 4.78 is 14.4. The SMILES string of the molecule is O=C(O)N1CCN(c2ccc(Nc3nc(Cc4c(F)cccc4Cl)cc4cc[nH]c(=O)c34)cc2)CC1. The summed E-state index contributed by atoms with van der Waals surface area (Å²) in [4.78, 5) is 34.6. The number of carbonyl (C=O) groups is 1. The maximum Gasteiger partial charge on any atom is 0.407 e. The van der Waals surface area contributed by atoms with Crippen LogP contribution in [0.4, 0.5) is 26.4 Å². The molecule has 0 aliphatic carbocycles. The standard InChI is InChI=1S/C26H23ClFN5O3/c27-21-2-1-3-22(28)20(21)15-18-14-16-8-9-29-25(34)23(16)24(31-18)30-17-4-6-19(7-5-17)32-10-12-33(13-11-32)26(35)36/h1-9,14H,10-13,15H2,(H,29,34)(H,30,31)(H,35,36). The van der Waals surface area contributed by atoms with Crippen molar-refractivity contribution in [1.82, 2.24) is 14.9 Å². The van der Waals surface area contributed by atoms with Gasteiger partial charge in [-0.2, -0.15) is 0 Å². The first kappa shape index (κ1) is 23.6. The second kappa shape index (κ2) is 9.87. The summed E-state index contributed by atoms with van der Waals surface area (Å²) in [6, 6.07) is 15.7. The molecule has 0 unspecified atom stereocenters. The van der Waals surface area contributed by atoms with Gasteiger partial charge in [-0.1, -0.05) is 17.7 Å². The fourth-order valence-corrected chi connectivity index (χ4v) is 4.61. The van der Waals surface area contributed by atoms with Crippen molar-refractivity contribution in [3.05, 3.63) is 93.2 Å². The predicted octanol–water partition coefficient (Wildman–Crippen LogP) is 4.85. The fraction of sp³-hybridized carbons (Fsp3) is 0.192. The summed E-state index contributed by atoms with van der Waals surface area (Å²) in [5.41, 5.74) is 2.32. The maximum absolute atomic E-state index is 14.4. The van der Waals surface area contributed by atoms with Crippen LogP contribution in [0.1, 0.15) is 11.3 Å². The summed E-state index contributed by atoms with van der Waals surface area (Å²) in [5.74, 6) is -0.0516. The third-order valence-corrected chi connectivity index (χ3v) is 6.63. The molecule has 36 heavy (non-hydrogen) atoms. The topological polar surface area (TPSA) is 102 Å². The van der Waals surface area contributed by atoms with Gasteiger partial charge in [0.2, 0.25) is 0 Å². The highest BCUT2D eigenvalue weighted by molar-refractivity contribution is 6.31. The van der Waals surface area contributed by atoms with Gasteiger partial charge in [-0.15, -0.1) is 0 Å². The number of aromatic nitrogens is 2. The number of pyridine rings is 2. The lowest BCUT2D eigenvalue weighted by molar-refractivity contribution is 0.142. The first-order chi connectivity index (χ1) is 17.4. The van der Waals surface area contributed by atoms with Crippen molar-refractivity contribution in [2.45, 2.75) is 6.42 Å². The number of fused-ring (bicyclic) bond motifs is 1. The predicted molar refractivity (Wildman–Crippen MR) is 138 cm³/mol. The Bertz CT molecular complexity index is 1460. The number of anilines is 3. The number of benzene rings is 2. The monoisotopic (exact) mass is 507 g/mol. The molecule has 0 radical (unpaired) electrons. The average Bonchev–Trinajstić information content (AvgIpc) is 2.87. The van der Waals surface area contributed by atoms with Gasteiger partial charge >= 0.3 is 6.09 Å². The zero-order chi connectivity index (χ0) is 25.2. The van der Waals surface area contributed by atoms with Crippen LogP contribution in [0.15, 0.2) is 65.6 Å². The number of nitrogens with zero attached hydrogens (tertiary/aromatic N) is 3. The van der Waals surface area contributed by atoms with Crippen LogP contribution in [0.25, 0.3) is 10.8 Å². The molecule has 0 spiro atoms. The Morgan fingerprint density at radius 3 is 2.56 bits per heavy atom. The van der Waals surface area contributed by atoms with E-state index in [1.165, 1.54) is 11.0 Å². The van der Waals surface area contributed by atoms with E-state index in [9.17, 15) is 14.0 Å². The number of carboxylic acid groups (broad SMARTS) is 1. The Morgan fingerprint density at radius 2 is 1.86 bits per heavy atom. The highest BCUT2D eigenvalue weighted by Crippen LogP contribution is 2.28. The molecular weight excluding hydrogens is 485 g/mol. The number of piperazine rings is 1. The first-order valence-corrected chi connectivity index (χ1v) is 11.8. The summed E-state index contributed by atoms with van der Waals surface area (Å²) in [7, 11) is 0. The molecular formula is C26H23ClFN5O3. The molecule has 1 fully saturated rings. The molecule has 1 saturated heterocycles. The van der Waals surface area contributed by atoms with Gasteiger partial charge in [0.25, 0.3) is 5.56 Å². The number of rotatable bonds is 5. The highest BCUT2D eigenvalue weighted by atomic mass is 35.5. The smallest absolute Gasteiger partial charge is 0.407 e. The molecule has 1 aliphatic heterocycles. The maximum atomic E-state index is 14.4. The largest absolute Gasteiger partial charge is 0.465 e. The van der Waals surface area contributed by atoms with Gasteiger partial charge in [0.05, 0.1) is 5.39 Å². The summed E-state index contributed by atoms with van der Waals surface area (Å²) in [6.45, 7) is 2.13. The van der Waals surface area contributed by atoms with E-state index in [1.54, 1.807) is 30.5 Å². The minimum atomic E-state index is -0.900. The minimum Gasteiger partial charge on any atom is -0.465 e. The van der Waals surface area contributed by atoms with Crippen LogP contribution in [-0.4, -0.2) is 52.2 Å². The number of halogens is 2. The molecule has 5 rings (SSSR count). The number of hydrogen-bond acceptors (Lipinski definition) is 5. The Hall–Kier alpha value is -4.11. The highest BCUT2D eigenvalue weighted by Gasteiger charge is 2.20. The van der Waals surface area contributed by atoms with Crippen molar-refractivity contribution in [3.8, 4) is 0 Å². The molecule has 8 nitrogen and oxygen atoms in total. The average molecular weight is 508 g/mol. The van der Waals surface area contributed by atoms with Gasteiger partial charge in [-0.05, 0) is 53.9 Å². The Balaban J connectivity index is 1.42. The number of aromatic amines is 1. The van der Waals surface area contributed by atoms with E-state index in [0.717, 1.165) is 11.4 Å². The minimum absolute atomic E-state index is 0.171. The summed E-state index contributed by atoms with van der Waals surface area (Å²) in [5, 5.41) is 13.8. The lowest BCUT2D eigenvalue weighted by Gasteiger charge is -2.34. The van der Waals surface area contributed by atoms with Crippen LogP contribution >= 0.6 is 11.6 Å². The third kappa shape index (κ3) is 4.83. The van der Waals surface area contributed by atoms with Crippen molar-refractivity contribution in [1.29, 1.82) is 0 Å². The molecule has 3 N–H and O–H groups in total. The quantitative estimate of drug-likeness (QED) is 0.357. The van der Waals surface area contributed by atoms with Crippen molar-refractivity contribution >= 4 is 45.7 Å². The van der Waals surface area contributed by atoms with Crippen LogP contribution in [0, 0.1) is 5.82 Å².